The van der Waals surface area contributed by atoms with E-state index in [9.17, 15) is 9.59 Å². The van der Waals surface area contributed by atoms with Gasteiger partial charge in [0.25, 0.3) is 0 Å². The molecule has 19 heavy (non-hydrogen) atoms. The minimum absolute atomic E-state index is 0.294. The standard InChI is InChI=1S/C15H27NO3/c1-2-10-14(17)13(15(18)19)11-8-6-4-3-5-7-9-12-16/h2,10,13H,3-9,11-12,16H2,1H3,(H,18,19). The van der Waals surface area contributed by atoms with Crippen LogP contribution >= 0.6 is 0 Å². The lowest BCUT2D eigenvalue weighted by molar-refractivity contribution is -0.145. The molecule has 0 aromatic rings. The van der Waals surface area contributed by atoms with Gasteiger partial charge in [0.2, 0.25) is 0 Å². The van der Waals surface area contributed by atoms with Crippen LogP contribution in [0.5, 0.6) is 0 Å². The number of carbonyl (C=O) groups is 2. The van der Waals surface area contributed by atoms with E-state index < -0.39 is 11.9 Å². The Morgan fingerprint density at radius 3 is 2.05 bits per heavy atom. The zero-order chi connectivity index (χ0) is 14.5. The second-order valence-corrected chi connectivity index (χ2v) is 4.85. The molecular weight excluding hydrogens is 242 g/mol. The lowest BCUT2D eigenvalue weighted by atomic mass is 9.96. The summed E-state index contributed by atoms with van der Waals surface area (Å²) in [7, 11) is 0. The Hall–Kier alpha value is -1.16. The molecule has 1 unspecified atom stereocenters. The van der Waals surface area contributed by atoms with Gasteiger partial charge in [-0.1, -0.05) is 44.6 Å². The summed E-state index contributed by atoms with van der Waals surface area (Å²) in [5.74, 6) is -2.17. The number of ketones is 1. The van der Waals surface area contributed by atoms with Crippen molar-refractivity contribution in [1.82, 2.24) is 0 Å². The van der Waals surface area contributed by atoms with Gasteiger partial charge in [-0.15, -0.1) is 0 Å². The lowest BCUT2D eigenvalue weighted by Crippen LogP contribution is -2.22. The Morgan fingerprint density at radius 1 is 1.05 bits per heavy atom. The van der Waals surface area contributed by atoms with Gasteiger partial charge in [0, 0.05) is 0 Å². The highest BCUT2D eigenvalue weighted by Gasteiger charge is 2.22. The molecule has 3 N–H and O–H groups in total. The number of carbonyl (C=O) groups excluding carboxylic acids is 1. The Kier molecular flexibility index (Phi) is 11.2. The van der Waals surface area contributed by atoms with E-state index in [1.807, 2.05) is 0 Å². The topological polar surface area (TPSA) is 80.4 Å². The van der Waals surface area contributed by atoms with E-state index >= 15 is 0 Å². The van der Waals surface area contributed by atoms with Crippen LogP contribution in [0.25, 0.3) is 0 Å². The molecule has 0 fully saturated rings. The Balaban J connectivity index is 3.71. The van der Waals surface area contributed by atoms with Gasteiger partial charge >= 0.3 is 5.97 Å². The molecular formula is C15H27NO3. The van der Waals surface area contributed by atoms with Gasteiger partial charge in [-0.2, -0.15) is 0 Å². The molecule has 4 nitrogen and oxygen atoms in total. The molecule has 0 amide bonds. The van der Waals surface area contributed by atoms with E-state index in [0.717, 1.165) is 32.2 Å². The summed E-state index contributed by atoms with van der Waals surface area (Å²) in [6.45, 7) is 2.48. The van der Waals surface area contributed by atoms with Crippen LogP contribution in [0.15, 0.2) is 12.2 Å². The van der Waals surface area contributed by atoms with Crippen LogP contribution < -0.4 is 5.73 Å². The average Bonchev–Trinajstić information content (AvgIpc) is 2.36. The molecule has 110 valence electrons. The minimum atomic E-state index is -1.01. The van der Waals surface area contributed by atoms with Crippen molar-refractivity contribution in [2.45, 2.75) is 58.3 Å². The molecule has 0 aromatic carbocycles. The molecule has 0 aromatic heterocycles. The second kappa shape index (κ2) is 11.9. The maximum Gasteiger partial charge on any atom is 0.314 e. The number of carboxylic acid groups (broad SMARTS) is 1. The maximum absolute atomic E-state index is 11.5. The summed E-state index contributed by atoms with van der Waals surface area (Å²) < 4.78 is 0. The molecule has 0 aliphatic carbocycles. The highest BCUT2D eigenvalue weighted by Crippen LogP contribution is 2.14. The van der Waals surface area contributed by atoms with Crippen molar-refractivity contribution < 1.29 is 14.7 Å². The number of nitrogens with two attached hydrogens (primary N) is 1. The van der Waals surface area contributed by atoms with Gasteiger partial charge in [-0.3, -0.25) is 9.59 Å². The molecule has 0 heterocycles. The first kappa shape index (κ1) is 17.8. The van der Waals surface area contributed by atoms with E-state index in [4.69, 9.17) is 10.8 Å². The molecule has 4 heteroatoms. The monoisotopic (exact) mass is 269 g/mol. The van der Waals surface area contributed by atoms with Gasteiger partial charge in [-0.05, 0) is 32.4 Å². The van der Waals surface area contributed by atoms with Crippen molar-refractivity contribution >= 4 is 11.8 Å². The van der Waals surface area contributed by atoms with Crippen molar-refractivity contribution in [3.63, 3.8) is 0 Å². The number of hydrogen-bond acceptors (Lipinski definition) is 3. The quantitative estimate of drug-likeness (QED) is 0.324. The summed E-state index contributed by atoms with van der Waals surface area (Å²) in [5.41, 5.74) is 5.41. The maximum atomic E-state index is 11.5. The third-order valence-corrected chi connectivity index (χ3v) is 3.17. The lowest BCUT2D eigenvalue weighted by Gasteiger charge is -2.08. The fraction of sp³-hybridized carbons (Fsp3) is 0.733. The summed E-state index contributed by atoms with van der Waals surface area (Å²) in [5, 5.41) is 9.00. The summed E-state index contributed by atoms with van der Waals surface area (Å²) in [6, 6.07) is 0. The largest absolute Gasteiger partial charge is 0.481 e. The molecule has 0 aliphatic heterocycles. The highest BCUT2D eigenvalue weighted by atomic mass is 16.4. The normalized spacial score (nSPS) is 12.7. The summed E-state index contributed by atoms with van der Waals surface area (Å²) in [6.07, 6.45) is 10.9. The van der Waals surface area contributed by atoms with Gasteiger partial charge in [-0.25, -0.2) is 0 Å². The Morgan fingerprint density at radius 2 is 1.58 bits per heavy atom. The smallest absolute Gasteiger partial charge is 0.314 e. The van der Waals surface area contributed by atoms with Crippen LogP contribution in [0.3, 0.4) is 0 Å². The Labute approximate surface area is 116 Å². The van der Waals surface area contributed by atoms with Crippen molar-refractivity contribution in [1.29, 1.82) is 0 Å². The van der Waals surface area contributed by atoms with Crippen LogP contribution in [0, 0.1) is 5.92 Å². The van der Waals surface area contributed by atoms with E-state index in [0.29, 0.717) is 6.42 Å². The first-order valence-electron chi connectivity index (χ1n) is 7.23. The molecule has 0 saturated carbocycles. The number of aliphatic carboxylic acids is 1. The second-order valence-electron chi connectivity index (χ2n) is 4.85. The molecule has 1 atom stereocenters. The van der Waals surface area contributed by atoms with Gasteiger partial charge in [0.15, 0.2) is 5.78 Å². The van der Waals surface area contributed by atoms with Gasteiger partial charge in [0.05, 0.1) is 0 Å². The molecule has 0 saturated heterocycles. The fourth-order valence-electron chi connectivity index (χ4n) is 2.04. The molecule has 0 bridgehead atoms. The number of unbranched alkanes of at least 4 members (excludes halogenated alkanes) is 6. The van der Waals surface area contributed by atoms with Crippen molar-refractivity contribution in [3.8, 4) is 0 Å². The van der Waals surface area contributed by atoms with Gasteiger partial charge in [0.1, 0.15) is 5.92 Å². The first-order chi connectivity index (χ1) is 9.13. The Bertz CT molecular complexity index is 287. The molecule has 0 rings (SSSR count). The minimum Gasteiger partial charge on any atom is -0.481 e. The fourth-order valence-corrected chi connectivity index (χ4v) is 2.04. The summed E-state index contributed by atoms with van der Waals surface area (Å²) >= 11 is 0. The highest BCUT2D eigenvalue weighted by molar-refractivity contribution is 6.04. The number of rotatable bonds is 12. The zero-order valence-corrected chi connectivity index (χ0v) is 11.9. The van der Waals surface area contributed by atoms with Gasteiger partial charge < -0.3 is 10.8 Å². The molecule has 0 radical (unpaired) electrons. The number of allylic oxidation sites excluding steroid dienone is 2. The van der Waals surface area contributed by atoms with E-state index in [-0.39, 0.29) is 5.78 Å². The predicted octanol–water partition coefficient (Wildman–Crippen LogP) is 2.91. The average molecular weight is 269 g/mol. The third-order valence-electron chi connectivity index (χ3n) is 3.17. The van der Waals surface area contributed by atoms with Crippen LogP contribution in [0.4, 0.5) is 0 Å². The third kappa shape index (κ3) is 9.42. The first-order valence-corrected chi connectivity index (χ1v) is 7.23. The zero-order valence-electron chi connectivity index (χ0n) is 11.9. The number of hydrogen-bond donors (Lipinski definition) is 2. The molecule has 0 spiro atoms. The van der Waals surface area contributed by atoms with Crippen molar-refractivity contribution in [2.24, 2.45) is 11.7 Å². The van der Waals surface area contributed by atoms with Crippen LogP contribution in [-0.4, -0.2) is 23.4 Å². The van der Waals surface area contributed by atoms with E-state index in [2.05, 4.69) is 0 Å². The van der Waals surface area contributed by atoms with Crippen LogP contribution in [0.2, 0.25) is 0 Å². The van der Waals surface area contributed by atoms with E-state index in [1.165, 1.54) is 25.3 Å². The van der Waals surface area contributed by atoms with Crippen molar-refractivity contribution in [3.05, 3.63) is 12.2 Å². The molecule has 0 aliphatic rings. The van der Waals surface area contributed by atoms with Crippen LogP contribution in [-0.2, 0) is 9.59 Å². The van der Waals surface area contributed by atoms with Crippen LogP contribution in [0.1, 0.15) is 58.3 Å². The van der Waals surface area contributed by atoms with Crippen molar-refractivity contribution in [2.75, 3.05) is 6.54 Å². The predicted molar refractivity (Wildman–Crippen MR) is 76.9 cm³/mol. The number of carboxylic acids is 1. The SMILES string of the molecule is CC=CC(=O)C(CCCCCCCCCN)C(=O)O. The summed E-state index contributed by atoms with van der Waals surface area (Å²) in [4.78, 5) is 22.5. The van der Waals surface area contributed by atoms with E-state index in [1.54, 1.807) is 13.0 Å².